The van der Waals surface area contributed by atoms with Gasteiger partial charge in [0.15, 0.2) is 5.78 Å². The third-order valence-electron chi connectivity index (χ3n) is 6.38. The van der Waals surface area contributed by atoms with Gasteiger partial charge in [0.2, 0.25) is 0 Å². The summed E-state index contributed by atoms with van der Waals surface area (Å²) in [4.78, 5) is 12.9. The molecule has 4 nitrogen and oxygen atoms in total. The van der Waals surface area contributed by atoms with Crippen molar-refractivity contribution in [3.05, 3.63) is 70.2 Å². The maximum Gasteiger partial charge on any atom is 0.163 e. The van der Waals surface area contributed by atoms with E-state index < -0.39 is 17.3 Å². The van der Waals surface area contributed by atoms with Crippen LogP contribution in [-0.4, -0.2) is 35.3 Å². The van der Waals surface area contributed by atoms with Gasteiger partial charge in [-0.1, -0.05) is 47.7 Å². The molecular formula is C31H33ClO4. The fourth-order valence-electron chi connectivity index (χ4n) is 4.62. The monoisotopic (exact) mass is 504 g/mol. The molecule has 36 heavy (non-hydrogen) atoms. The normalized spacial score (nSPS) is 16.3. The van der Waals surface area contributed by atoms with Gasteiger partial charge in [-0.15, -0.1) is 0 Å². The SMILES string of the molecule is CC(=O)C(OC(C)(C)C)c1c(C)cc2ccc(C#CC3(O)CCOCC3)cc2c1-c1ccc(Cl)cc1. The number of carbonyl (C=O) groups excluding carboxylic acids is 1. The van der Waals surface area contributed by atoms with E-state index in [9.17, 15) is 9.90 Å². The first kappa shape index (κ1) is 26.4. The second-order valence-corrected chi connectivity index (χ2v) is 11.0. The molecule has 1 heterocycles. The Morgan fingerprint density at radius 3 is 2.39 bits per heavy atom. The van der Waals surface area contributed by atoms with E-state index in [0.717, 1.165) is 38.6 Å². The lowest BCUT2D eigenvalue weighted by Gasteiger charge is -2.29. The molecule has 4 rings (SSSR count). The number of carbonyl (C=O) groups is 1. The minimum Gasteiger partial charge on any atom is -0.381 e. The van der Waals surface area contributed by atoms with E-state index >= 15 is 0 Å². The molecule has 0 saturated carbocycles. The Hall–Kier alpha value is -2.68. The molecule has 1 aliphatic rings. The van der Waals surface area contributed by atoms with Gasteiger partial charge < -0.3 is 14.6 Å². The standard InChI is InChI=1S/C31H33ClO4/c1-20-18-24-7-6-22(12-13-31(34)14-16-35-17-15-31)19-26(24)28(23-8-10-25(32)11-9-23)27(20)29(21(2)33)36-30(3,4)5/h6-11,18-19,29,34H,14-17H2,1-5H3. The van der Waals surface area contributed by atoms with Gasteiger partial charge in [-0.2, -0.15) is 0 Å². The summed E-state index contributed by atoms with van der Waals surface area (Å²) in [6.07, 6.45) is 0.271. The summed E-state index contributed by atoms with van der Waals surface area (Å²) in [5.41, 5.74) is 2.95. The molecule has 1 N–H and O–H groups in total. The summed E-state index contributed by atoms with van der Waals surface area (Å²) in [7, 11) is 0. The van der Waals surface area contributed by atoms with Gasteiger partial charge in [0.05, 0.1) is 18.8 Å². The number of halogens is 1. The molecule has 1 aliphatic heterocycles. The van der Waals surface area contributed by atoms with Crippen molar-refractivity contribution in [1.82, 2.24) is 0 Å². The van der Waals surface area contributed by atoms with Gasteiger partial charge in [-0.3, -0.25) is 4.79 Å². The number of hydrogen-bond acceptors (Lipinski definition) is 4. The highest BCUT2D eigenvalue weighted by molar-refractivity contribution is 6.30. The summed E-state index contributed by atoms with van der Waals surface area (Å²) in [6, 6.07) is 15.8. The van der Waals surface area contributed by atoms with Crippen LogP contribution in [0.3, 0.4) is 0 Å². The van der Waals surface area contributed by atoms with Crippen LogP contribution in [0.2, 0.25) is 5.02 Å². The molecule has 3 aromatic rings. The summed E-state index contributed by atoms with van der Waals surface area (Å²) in [5.74, 6) is 6.20. The molecule has 0 amide bonds. The molecule has 1 atom stereocenters. The minimum atomic E-state index is -1.04. The van der Waals surface area contributed by atoms with Crippen LogP contribution < -0.4 is 0 Å². The largest absolute Gasteiger partial charge is 0.381 e. The Morgan fingerprint density at radius 1 is 1.11 bits per heavy atom. The van der Waals surface area contributed by atoms with Crippen molar-refractivity contribution in [2.24, 2.45) is 0 Å². The topological polar surface area (TPSA) is 55.8 Å². The van der Waals surface area contributed by atoms with Crippen LogP contribution in [-0.2, 0) is 14.3 Å². The van der Waals surface area contributed by atoms with Crippen LogP contribution in [0.4, 0.5) is 0 Å². The molecule has 1 unspecified atom stereocenters. The number of Topliss-reactive ketones (excluding diaryl/α,β-unsaturated/α-hetero) is 1. The van der Waals surface area contributed by atoms with Crippen LogP contribution in [0.15, 0.2) is 48.5 Å². The van der Waals surface area contributed by atoms with E-state index in [2.05, 4.69) is 17.9 Å². The van der Waals surface area contributed by atoms with Gasteiger partial charge >= 0.3 is 0 Å². The molecule has 1 fully saturated rings. The van der Waals surface area contributed by atoms with Gasteiger partial charge in [-0.25, -0.2) is 0 Å². The highest BCUT2D eigenvalue weighted by atomic mass is 35.5. The smallest absolute Gasteiger partial charge is 0.163 e. The van der Waals surface area contributed by atoms with Crippen molar-refractivity contribution >= 4 is 28.2 Å². The first-order valence-corrected chi connectivity index (χ1v) is 12.7. The van der Waals surface area contributed by atoms with Crippen molar-refractivity contribution in [2.75, 3.05) is 13.2 Å². The van der Waals surface area contributed by atoms with Crippen LogP contribution in [0.1, 0.15) is 63.3 Å². The van der Waals surface area contributed by atoms with Gasteiger partial charge in [0, 0.05) is 23.4 Å². The van der Waals surface area contributed by atoms with E-state index in [-0.39, 0.29) is 5.78 Å². The molecule has 5 heteroatoms. The molecule has 0 spiro atoms. The Morgan fingerprint density at radius 2 is 1.78 bits per heavy atom. The Labute approximate surface area is 218 Å². The van der Waals surface area contributed by atoms with Gasteiger partial charge in [0.25, 0.3) is 0 Å². The number of aliphatic hydroxyl groups is 1. The molecule has 188 valence electrons. The molecule has 0 aliphatic carbocycles. The number of benzene rings is 3. The van der Waals surface area contributed by atoms with E-state index in [4.69, 9.17) is 21.1 Å². The number of hydrogen-bond donors (Lipinski definition) is 1. The lowest BCUT2D eigenvalue weighted by Crippen LogP contribution is -2.34. The lowest BCUT2D eigenvalue weighted by atomic mass is 9.85. The Kier molecular flexibility index (Phi) is 7.59. The predicted molar refractivity (Wildman–Crippen MR) is 145 cm³/mol. The van der Waals surface area contributed by atoms with Crippen molar-refractivity contribution in [3.8, 4) is 23.0 Å². The van der Waals surface area contributed by atoms with Gasteiger partial charge in [0.1, 0.15) is 11.7 Å². The molecule has 0 radical (unpaired) electrons. The first-order valence-electron chi connectivity index (χ1n) is 12.3. The summed E-state index contributed by atoms with van der Waals surface area (Å²) in [6.45, 7) is 10.5. The van der Waals surface area contributed by atoms with E-state index in [1.807, 2.05) is 70.2 Å². The maximum absolute atomic E-state index is 12.9. The van der Waals surface area contributed by atoms with Crippen LogP contribution in [0, 0.1) is 18.8 Å². The maximum atomic E-state index is 12.9. The summed E-state index contributed by atoms with van der Waals surface area (Å²) < 4.78 is 11.7. The summed E-state index contributed by atoms with van der Waals surface area (Å²) >= 11 is 6.21. The second kappa shape index (κ2) is 10.4. The minimum absolute atomic E-state index is 0.0553. The van der Waals surface area contributed by atoms with Crippen molar-refractivity contribution in [2.45, 2.75) is 64.8 Å². The zero-order valence-corrected chi connectivity index (χ0v) is 22.3. The zero-order chi connectivity index (χ0) is 26.1. The third kappa shape index (κ3) is 5.99. The number of aryl methyl sites for hydroxylation is 1. The van der Waals surface area contributed by atoms with E-state index in [1.54, 1.807) is 6.92 Å². The highest BCUT2D eigenvalue weighted by Crippen LogP contribution is 2.41. The summed E-state index contributed by atoms with van der Waals surface area (Å²) in [5, 5.41) is 13.4. The first-order chi connectivity index (χ1) is 17.0. The second-order valence-electron chi connectivity index (χ2n) is 10.5. The van der Waals surface area contributed by atoms with Crippen molar-refractivity contribution in [1.29, 1.82) is 0 Å². The lowest BCUT2D eigenvalue weighted by molar-refractivity contribution is -0.138. The third-order valence-corrected chi connectivity index (χ3v) is 6.64. The molecule has 3 aromatic carbocycles. The number of ketones is 1. The predicted octanol–water partition coefficient (Wildman–Crippen LogP) is 6.81. The quantitative estimate of drug-likeness (QED) is 0.397. The van der Waals surface area contributed by atoms with Crippen LogP contribution >= 0.6 is 11.6 Å². The molecule has 0 bridgehead atoms. The van der Waals surface area contributed by atoms with E-state index in [0.29, 0.717) is 31.1 Å². The zero-order valence-electron chi connectivity index (χ0n) is 21.6. The van der Waals surface area contributed by atoms with Crippen LogP contribution in [0.25, 0.3) is 21.9 Å². The molecular weight excluding hydrogens is 472 g/mol. The number of ether oxygens (including phenoxy) is 2. The van der Waals surface area contributed by atoms with Crippen LogP contribution in [0.5, 0.6) is 0 Å². The Bertz CT molecular complexity index is 1330. The van der Waals surface area contributed by atoms with Crippen molar-refractivity contribution < 1.29 is 19.4 Å². The number of fused-ring (bicyclic) bond motifs is 1. The fraction of sp³-hybridized carbons (Fsp3) is 0.387. The Balaban J connectivity index is 1.96. The molecule has 0 aromatic heterocycles. The van der Waals surface area contributed by atoms with E-state index in [1.165, 1.54) is 0 Å². The average Bonchev–Trinajstić information content (AvgIpc) is 2.81. The number of rotatable bonds is 4. The highest BCUT2D eigenvalue weighted by Gasteiger charge is 2.30. The fourth-order valence-corrected chi connectivity index (χ4v) is 4.74. The van der Waals surface area contributed by atoms with Crippen molar-refractivity contribution in [3.63, 3.8) is 0 Å². The molecule has 1 saturated heterocycles. The average molecular weight is 505 g/mol. The van der Waals surface area contributed by atoms with Gasteiger partial charge in [-0.05, 0) is 91.9 Å².